The van der Waals surface area contributed by atoms with E-state index in [1.165, 1.54) is 21.6 Å². The fourth-order valence-corrected chi connectivity index (χ4v) is 2.60. The van der Waals surface area contributed by atoms with Crippen LogP contribution in [0.1, 0.15) is 0 Å². The van der Waals surface area contributed by atoms with Crippen LogP contribution in [-0.2, 0) is 0 Å². The zero-order valence-corrected chi connectivity index (χ0v) is 13.7. The second-order valence-corrected chi connectivity index (χ2v) is 5.88. The molecule has 0 aliphatic heterocycles. The standard InChI is InChI=1S/C6H12N2S4.C2H4.H2S/c1-7(2)5(9)11-12-6(10)8(3)4;1-2;/h1-4H3;1-2H2;1H2. The van der Waals surface area contributed by atoms with Crippen LogP contribution in [0.2, 0.25) is 0 Å². The maximum absolute atomic E-state index is 5.07. The van der Waals surface area contributed by atoms with Crippen LogP contribution in [0.4, 0.5) is 0 Å². The molecule has 0 N–H and O–H groups in total. The molecule has 2 nitrogen and oxygen atoms in total. The van der Waals surface area contributed by atoms with Crippen molar-refractivity contribution in [3.05, 3.63) is 13.2 Å². The van der Waals surface area contributed by atoms with Crippen molar-refractivity contribution in [3.63, 3.8) is 0 Å². The van der Waals surface area contributed by atoms with Crippen molar-refractivity contribution in [3.8, 4) is 0 Å². The first-order chi connectivity index (χ1) is 6.45. The van der Waals surface area contributed by atoms with Crippen molar-refractivity contribution in [2.24, 2.45) is 0 Å². The number of nitrogens with zero attached hydrogens (tertiary/aromatic N) is 2. The smallest absolute Gasteiger partial charge is 0.146 e. The zero-order valence-electron chi connectivity index (χ0n) is 9.44. The highest BCUT2D eigenvalue weighted by Gasteiger charge is 2.04. The van der Waals surface area contributed by atoms with Crippen molar-refractivity contribution in [2.45, 2.75) is 0 Å². The van der Waals surface area contributed by atoms with Crippen molar-refractivity contribution >= 4 is 68.2 Å². The summed E-state index contributed by atoms with van der Waals surface area (Å²) in [5.74, 6) is 0. The molecule has 0 aromatic carbocycles. The highest BCUT2D eigenvalue weighted by molar-refractivity contribution is 8.89. The molecule has 0 amide bonds. The Morgan fingerprint density at radius 3 is 1.20 bits per heavy atom. The molecule has 0 atom stereocenters. The topological polar surface area (TPSA) is 6.48 Å². The van der Waals surface area contributed by atoms with Crippen molar-refractivity contribution in [1.29, 1.82) is 0 Å². The monoisotopic (exact) mass is 302 g/mol. The van der Waals surface area contributed by atoms with E-state index >= 15 is 0 Å². The molecule has 15 heavy (non-hydrogen) atoms. The van der Waals surface area contributed by atoms with Gasteiger partial charge in [0.15, 0.2) is 0 Å². The van der Waals surface area contributed by atoms with Crippen molar-refractivity contribution in [1.82, 2.24) is 9.80 Å². The van der Waals surface area contributed by atoms with Gasteiger partial charge < -0.3 is 9.80 Å². The molecule has 0 aliphatic carbocycles. The molecule has 0 saturated heterocycles. The summed E-state index contributed by atoms with van der Waals surface area (Å²) in [6, 6.07) is 0. The minimum Gasteiger partial charge on any atom is -0.363 e. The first-order valence-electron chi connectivity index (χ1n) is 3.72. The van der Waals surface area contributed by atoms with Gasteiger partial charge in [-0.2, -0.15) is 13.5 Å². The van der Waals surface area contributed by atoms with Crippen LogP contribution in [0.5, 0.6) is 0 Å². The van der Waals surface area contributed by atoms with E-state index < -0.39 is 0 Å². The highest BCUT2D eigenvalue weighted by Crippen LogP contribution is 2.26. The predicted octanol–water partition coefficient (Wildman–Crippen LogP) is 2.98. The molecule has 0 saturated carbocycles. The Bertz CT molecular complexity index is 173. The summed E-state index contributed by atoms with van der Waals surface area (Å²) < 4.78 is 1.67. The molecule has 0 radical (unpaired) electrons. The number of hydrogen-bond acceptors (Lipinski definition) is 4. The molecule has 0 aliphatic rings. The van der Waals surface area contributed by atoms with Crippen molar-refractivity contribution < 1.29 is 0 Å². The predicted molar refractivity (Wildman–Crippen MR) is 89.4 cm³/mol. The largest absolute Gasteiger partial charge is 0.363 e. The van der Waals surface area contributed by atoms with Crippen LogP contribution >= 0.6 is 59.5 Å². The SMILES string of the molecule is C=C.CN(C)C(=S)SSC(=S)N(C)C.S. The fraction of sp³-hybridized carbons (Fsp3) is 0.500. The summed E-state index contributed by atoms with van der Waals surface area (Å²) in [6.45, 7) is 6.00. The van der Waals surface area contributed by atoms with Gasteiger partial charge in [0.05, 0.1) is 0 Å². The molecular formula is C8H18N2S5. The molecule has 0 bridgehead atoms. The van der Waals surface area contributed by atoms with Crippen molar-refractivity contribution in [2.75, 3.05) is 28.2 Å². The highest BCUT2D eigenvalue weighted by atomic mass is 33.1. The van der Waals surface area contributed by atoms with Gasteiger partial charge in [-0.25, -0.2) is 0 Å². The normalized spacial score (nSPS) is 7.73. The summed E-state index contributed by atoms with van der Waals surface area (Å²) in [6.07, 6.45) is 0. The van der Waals surface area contributed by atoms with E-state index in [2.05, 4.69) is 13.2 Å². The van der Waals surface area contributed by atoms with E-state index in [0.29, 0.717) is 0 Å². The second kappa shape index (κ2) is 12.6. The number of rotatable bonds is 0. The lowest BCUT2D eigenvalue weighted by Crippen LogP contribution is -2.18. The van der Waals surface area contributed by atoms with Gasteiger partial charge >= 0.3 is 0 Å². The van der Waals surface area contributed by atoms with Crippen LogP contribution in [0.15, 0.2) is 13.2 Å². The fourth-order valence-electron chi connectivity index (χ4n) is 0.220. The molecule has 0 aromatic rings. The van der Waals surface area contributed by atoms with E-state index in [9.17, 15) is 0 Å². The molecule has 0 spiro atoms. The molecule has 90 valence electrons. The van der Waals surface area contributed by atoms with E-state index in [1.807, 2.05) is 38.0 Å². The van der Waals surface area contributed by atoms with Crippen LogP contribution in [0.3, 0.4) is 0 Å². The average molecular weight is 303 g/mol. The Morgan fingerprint density at radius 2 is 1.07 bits per heavy atom. The first kappa shape index (κ1) is 20.9. The van der Waals surface area contributed by atoms with Gasteiger partial charge in [0.1, 0.15) is 8.64 Å². The first-order valence-corrected chi connectivity index (χ1v) is 6.69. The quantitative estimate of drug-likeness (QED) is 0.383. The van der Waals surface area contributed by atoms with Gasteiger partial charge in [-0.15, -0.1) is 13.2 Å². The van der Waals surface area contributed by atoms with E-state index in [-0.39, 0.29) is 13.5 Å². The molecule has 0 aromatic heterocycles. The van der Waals surface area contributed by atoms with Crippen LogP contribution in [0.25, 0.3) is 0 Å². The second-order valence-electron chi connectivity index (χ2n) is 2.49. The van der Waals surface area contributed by atoms with Crippen LogP contribution < -0.4 is 0 Å². The Labute approximate surface area is 119 Å². The van der Waals surface area contributed by atoms with Gasteiger partial charge in [-0.05, 0) is 21.6 Å². The summed E-state index contributed by atoms with van der Waals surface area (Å²) >= 11 is 10.1. The summed E-state index contributed by atoms with van der Waals surface area (Å²) in [5, 5.41) is 0. The summed E-state index contributed by atoms with van der Waals surface area (Å²) in [4.78, 5) is 3.79. The molecule has 0 heterocycles. The maximum atomic E-state index is 5.07. The zero-order chi connectivity index (χ0) is 11.7. The third-order valence-corrected chi connectivity index (χ3v) is 5.07. The summed E-state index contributed by atoms with van der Waals surface area (Å²) in [7, 11) is 10.7. The molecule has 0 fully saturated rings. The third kappa shape index (κ3) is 12.5. The number of thiocarbonyl (C=S) groups is 2. The maximum Gasteiger partial charge on any atom is 0.146 e. The third-order valence-electron chi connectivity index (χ3n) is 0.915. The molecular weight excluding hydrogens is 284 g/mol. The van der Waals surface area contributed by atoms with Crippen LogP contribution in [0, 0.1) is 0 Å². The van der Waals surface area contributed by atoms with Crippen LogP contribution in [-0.4, -0.2) is 46.6 Å². The van der Waals surface area contributed by atoms with Gasteiger partial charge in [0.2, 0.25) is 0 Å². The average Bonchev–Trinajstić information content (AvgIpc) is 2.16. The van der Waals surface area contributed by atoms with E-state index in [4.69, 9.17) is 24.4 Å². The van der Waals surface area contributed by atoms with Gasteiger partial charge in [-0.3, -0.25) is 0 Å². The van der Waals surface area contributed by atoms with Gasteiger partial charge in [-0.1, -0.05) is 24.4 Å². The van der Waals surface area contributed by atoms with Gasteiger partial charge in [0.25, 0.3) is 0 Å². The van der Waals surface area contributed by atoms with E-state index in [1.54, 1.807) is 0 Å². The number of hydrogen-bond donors (Lipinski definition) is 0. The summed E-state index contributed by atoms with van der Waals surface area (Å²) in [5.41, 5.74) is 0. The van der Waals surface area contributed by atoms with E-state index in [0.717, 1.165) is 8.64 Å². The minimum atomic E-state index is 0. The lowest BCUT2D eigenvalue weighted by molar-refractivity contribution is 0.647. The minimum absolute atomic E-state index is 0. The molecule has 0 rings (SSSR count). The Balaban J connectivity index is -0.000000449. The molecule has 0 unspecified atom stereocenters. The van der Waals surface area contributed by atoms with Gasteiger partial charge in [0, 0.05) is 28.2 Å². The molecule has 7 heteroatoms. The Hall–Kier alpha value is 0.570. The lowest BCUT2D eigenvalue weighted by Gasteiger charge is -2.15. The lowest BCUT2D eigenvalue weighted by atomic mass is 11.0. The Kier molecular flexibility index (Phi) is 17.6. The Morgan fingerprint density at radius 1 is 0.867 bits per heavy atom.